The second-order valence-electron chi connectivity index (χ2n) is 7.45. The maximum absolute atomic E-state index is 9.42. The first kappa shape index (κ1) is 18.1. The summed E-state index contributed by atoms with van der Waals surface area (Å²) in [5.74, 6) is 1.71. The first-order valence-corrected chi connectivity index (χ1v) is 10.1. The van der Waals surface area contributed by atoms with Crippen LogP contribution < -0.4 is 10.6 Å². The van der Waals surface area contributed by atoms with Gasteiger partial charge >= 0.3 is 0 Å². The van der Waals surface area contributed by atoms with E-state index in [-0.39, 0.29) is 5.92 Å². The van der Waals surface area contributed by atoms with Crippen molar-refractivity contribution < 1.29 is 0 Å². The van der Waals surface area contributed by atoms with Gasteiger partial charge in [0, 0.05) is 35.0 Å². The number of nitrogens with one attached hydrogen (secondary N) is 2. The van der Waals surface area contributed by atoms with E-state index in [0.29, 0.717) is 11.5 Å². The molecule has 0 aliphatic heterocycles. The fourth-order valence-corrected chi connectivity index (χ4v) is 4.36. The second kappa shape index (κ2) is 7.49. The molecule has 0 bridgehead atoms. The summed E-state index contributed by atoms with van der Waals surface area (Å²) in [5.41, 5.74) is 5.11. The Morgan fingerprint density at radius 3 is 2.47 bits per heavy atom. The predicted molar refractivity (Wildman–Crippen MR) is 120 cm³/mol. The number of hydrogen-bond donors (Lipinski definition) is 2. The minimum Gasteiger partial charge on any atom is -0.373 e. The molecular formula is C25H21N5. The van der Waals surface area contributed by atoms with Gasteiger partial charge in [0.15, 0.2) is 0 Å². The highest BCUT2D eigenvalue weighted by atomic mass is 15.1. The Morgan fingerprint density at radius 1 is 0.933 bits per heavy atom. The highest BCUT2D eigenvalue weighted by Gasteiger charge is 2.29. The molecule has 5 rings (SSSR count). The zero-order valence-electron chi connectivity index (χ0n) is 16.7. The van der Waals surface area contributed by atoms with E-state index in [1.54, 1.807) is 0 Å². The number of rotatable bonds is 4. The van der Waals surface area contributed by atoms with Gasteiger partial charge in [-0.1, -0.05) is 54.6 Å². The van der Waals surface area contributed by atoms with E-state index >= 15 is 0 Å². The van der Waals surface area contributed by atoms with Gasteiger partial charge in [-0.15, -0.1) is 0 Å². The third kappa shape index (κ3) is 3.03. The molecule has 5 heteroatoms. The molecule has 4 aromatic rings. The summed E-state index contributed by atoms with van der Waals surface area (Å²) in [4.78, 5) is 9.67. The smallest absolute Gasteiger partial charge is 0.229 e. The monoisotopic (exact) mass is 391 g/mol. The van der Waals surface area contributed by atoms with E-state index in [1.165, 1.54) is 11.1 Å². The molecule has 0 spiro atoms. The molecule has 30 heavy (non-hydrogen) atoms. The molecule has 0 amide bonds. The van der Waals surface area contributed by atoms with Gasteiger partial charge in [-0.25, -0.2) is 4.98 Å². The molecule has 3 aromatic carbocycles. The molecule has 1 aliphatic rings. The Bertz CT molecular complexity index is 1270. The van der Waals surface area contributed by atoms with Crippen LogP contribution in [0.3, 0.4) is 0 Å². The van der Waals surface area contributed by atoms with Crippen molar-refractivity contribution in [3.63, 3.8) is 0 Å². The molecular weight excluding hydrogens is 370 g/mol. The van der Waals surface area contributed by atoms with Crippen LogP contribution in [0.1, 0.15) is 34.7 Å². The van der Waals surface area contributed by atoms with Gasteiger partial charge in [0.05, 0.1) is 17.3 Å². The highest BCUT2D eigenvalue weighted by Crippen LogP contribution is 2.40. The van der Waals surface area contributed by atoms with Gasteiger partial charge in [-0.05, 0) is 30.5 Å². The summed E-state index contributed by atoms with van der Waals surface area (Å²) in [7, 11) is 1.90. The third-order valence-electron chi connectivity index (χ3n) is 5.78. The van der Waals surface area contributed by atoms with Crippen LogP contribution in [0.25, 0.3) is 10.8 Å². The Hall–Kier alpha value is -3.91. The maximum atomic E-state index is 9.42. The van der Waals surface area contributed by atoms with Gasteiger partial charge in [0.1, 0.15) is 5.82 Å². The SMILES string of the molecule is CNc1nc(Nc2ccc(C#N)c3ccccc23)nc2c1CCC2c1ccccc1. The fraction of sp³-hybridized carbons (Fsp3) is 0.160. The Morgan fingerprint density at radius 2 is 1.70 bits per heavy atom. The van der Waals surface area contributed by atoms with Crippen molar-refractivity contribution in [1.29, 1.82) is 5.26 Å². The number of benzene rings is 3. The number of anilines is 3. The van der Waals surface area contributed by atoms with E-state index in [9.17, 15) is 5.26 Å². The standard InChI is InChI=1S/C25H21N5/c1-27-24-21-13-12-19(16-7-3-2-4-8-16)23(21)29-25(30-24)28-22-14-11-17(15-26)18-9-5-6-10-20(18)22/h2-11,14,19H,12-13H2,1H3,(H2,27,28,29,30). The quantitative estimate of drug-likeness (QED) is 0.490. The van der Waals surface area contributed by atoms with E-state index in [0.717, 1.165) is 40.8 Å². The summed E-state index contributed by atoms with van der Waals surface area (Å²) < 4.78 is 0. The molecule has 1 heterocycles. The Labute approximate surface area is 175 Å². The topological polar surface area (TPSA) is 73.6 Å². The van der Waals surface area contributed by atoms with Crippen LogP contribution >= 0.6 is 0 Å². The van der Waals surface area contributed by atoms with Crippen LogP contribution in [0.4, 0.5) is 17.5 Å². The summed E-state index contributed by atoms with van der Waals surface area (Å²) in [5, 5.41) is 18.0. The van der Waals surface area contributed by atoms with Gasteiger partial charge in [-0.3, -0.25) is 0 Å². The van der Waals surface area contributed by atoms with Crippen molar-refractivity contribution in [1.82, 2.24) is 9.97 Å². The van der Waals surface area contributed by atoms with Gasteiger partial charge < -0.3 is 10.6 Å². The summed E-state index contributed by atoms with van der Waals surface area (Å²) in [6, 6.07) is 24.5. The summed E-state index contributed by atoms with van der Waals surface area (Å²) >= 11 is 0. The van der Waals surface area contributed by atoms with Crippen molar-refractivity contribution in [2.75, 3.05) is 17.7 Å². The van der Waals surface area contributed by atoms with E-state index in [1.807, 2.05) is 49.5 Å². The number of fused-ring (bicyclic) bond motifs is 2. The largest absolute Gasteiger partial charge is 0.373 e. The second-order valence-corrected chi connectivity index (χ2v) is 7.45. The van der Waals surface area contributed by atoms with Crippen LogP contribution in [0, 0.1) is 11.3 Å². The van der Waals surface area contributed by atoms with Crippen molar-refractivity contribution >= 4 is 28.2 Å². The van der Waals surface area contributed by atoms with Crippen molar-refractivity contribution in [3.05, 3.63) is 89.1 Å². The zero-order valence-corrected chi connectivity index (χ0v) is 16.7. The van der Waals surface area contributed by atoms with E-state index in [4.69, 9.17) is 9.97 Å². The van der Waals surface area contributed by atoms with Crippen LogP contribution in [-0.4, -0.2) is 17.0 Å². The Kier molecular flexibility index (Phi) is 4.53. The van der Waals surface area contributed by atoms with Crippen LogP contribution in [0.5, 0.6) is 0 Å². The van der Waals surface area contributed by atoms with Crippen molar-refractivity contribution in [2.24, 2.45) is 0 Å². The molecule has 2 N–H and O–H groups in total. The molecule has 1 atom stereocenters. The van der Waals surface area contributed by atoms with Crippen LogP contribution in [0.2, 0.25) is 0 Å². The molecule has 1 aliphatic carbocycles. The number of nitriles is 1. The molecule has 0 fully saturated rings. The summed E-state index contributed by atoms with van der Waals surface area (Å²) in [6.45, 7) is 0. The lowest BCUT2D eigenvalue weighted by Gasteiger charge is -2.15. The van der Waals surface area contributed by atoms with Crippen molar-refractivity contribution in [2.45, 2.75) is 18.8 Å². The minimum absolute atomic E-state index is 0.273. The molecule has 0 radical (unpaired) electrons. The van der Waals surface area contributed by atoms with Gasteiger partial charge in [-0.2, -0.15) is 10.2 Å². The third-order valence-corrected chi connectivity index (χ3v) is 5.78. The predicted octanol–water partition coefficient (Wildman–Crippen LogP) is 5.36. The van der Waals surface area contributed by atoms with Gasteiger partial charge in [0.25, 0.3) is 0 Å². The van der Waals surface area contributed by atoms with Gasteiger partial charge in [0.2, 0.25) is 5.95 Å². The molecule has 1 aromatic heterocycles. The first-order chi connectivity index (χ1) is 14.8. The maximum Gasteiger partial charge on any atom is 0.229 e. The van der Waals surface area contributed by atoms with Crippen molar-refractivity contribution in [3.8, 4) is 6.07 Å². The molecule has 0 saturated heterocycles. The molecule has 146 valence electrons. The average Bonchev–Trinajstić information content (AvgIpc) is 3.23. The highest BCUT2D eigenvalue weighted by molar-refractivity contribution is 5.98. The first-order valence-electron chi connectivity index (χ1n) is 10.1. The lowest BCUT2D eigenvalue weighted by Crippen LogP contribution is -2.08. The van der Waals surface area contributed by atoms with E-state index < -0.39 is 0 Å². The Balaban J connectivity index is 1.59. The summed E-state index contributed by atoms with van der Waals surface area (Å²) in [6.07, 6.45) is 2.00. The number of aromatic nitrogens is 2. The lowest BCUT2D eigenvalue weighted by atomic mass is 9.97. The van der Waals surface area contributed by atoms with Crippen LogP contribution in [0.15, 0.2) is 66.7 Å². The minimum atomic E-state index is 0.273. The average molecular weight is 391 g/mol. The lowest BCUT2D eigenvalue weighted by molar-refractivity contribution is 0.772. The fourth-order valence-electron chi connectivity index (χ4n) is 4.36. The van der Waals surface area contributed by atoms with Crippen LogP contribution in [-0.2, 0) is 6.42 Å². The normalized spacial score (nSPS) is 14.9. The molecule has 5 nitrogen and oxygen atoms in total. The molecule has 0 saturated carbocycles. The number of nitrogens with zero attached hydrogens (tertiary/aromatic N) is 3. The number of hydrogen-bond acceptors (Lipinski definition) is 5. The zero-order chi connectivity index (χ0) is 20.5. The molecule has 1 unspecified atom stereocenters. The van der Waals surface area contributed by atoms with E-state index in [2.05, 4.69) is 41.0 Å².